The van der Waals surface area contributed by atoms with Crippen LogP contribution in [0.4, 0.5) is 0 Å². The van der Waals surface area contributed by atoms with Crippen LogP contribution in [-0.4, -0.2) is 35.2 Å². The monoisotopic (exact) mass is 334 g/mol. The summed E-state index contributed by atoms with van der Waals surface area (Å²) in [7, 11) is 0. The summed E-state index contributed by atoms with van der Waals surface area (Å²) in [5.41, 5.74) is 5.09. The van der Waals surface area contributed by atoms with E-state index in [9.17, 15) is 0 Å². The fourth-order valence-electron chi connectivity index (χ4n) is 3.93. The van der Waals surface area contributed by atoms with Crippen molar-refractivity contribution >= 4 is 0 Å². The molecule has 0 bridgehead atoms. The van der Waals surface area contributed by atoms with Crippen LogP contribution in [0.5, 0.6) is 0 Å². The van der Waals surface area contributed by atoms with Gasteiger partial charge in [0.15, 0.2) is 0 Å². The van der Waals surface area contributed by atoms with Gasteiger partial charge in [-0.2, -0.15) is 0 Å². The van der Waals surface area contributed by atoms with Crippen LogP contribution in [0.3, 0.4) is 0 Å². The van der Waals surface area contributed by atoms with Gasteiger partial charge in [0.1, 0.15) is 0 Å². The lowest BCUT2D eigenvalue weighted by molar-refractivity contribution is -0.0576. The molecular formula is C22H26N2O. The molecule has 3 nitrogen and oxygen atoms in total. The van der Waals surface area contributed by atoms with Crippen molar-refractivity contribution in [1.82, 2.24) is 9.88 Å². The summed E-state index contributed by atoms with van der Waals surface area (Å²) in [4.78, 5) is 6.96. The lowest BCUT2D eigenvalue weighted by atomic mass is 9.87. The van der Waals surface area contributed by atoms with Gasteiger partial charge in [-0.25, -0.2) is 0 Å². The number of hydrogen-bond acceptors (Lipinski definition) is 3. The van der Waals surface area contributed by atoms with E-state index in [0.29, 0.717) is 0 Å². The maximum Gasteiger partial charge on any atom is 0.0889 e. The Morgan fingerprint density at radius 1 is 1.08 bits per heavy atom. The Kier molecular flexibility index (Phi) is 4.69. The Morgan fingerprint density at radius 3 is 2.56 bits per heavy atom. The van der Waals surface area contributed by atoms with Crippen molar-refractivity contribution in [1.29, 1.82) is 0 Å². The number of hydrogen-bond donors (Lipinski definition) is 0. The second-order valence-corrected chi connectivity index (χ2v) is 7.34. The summed E-state index contributed by atoms with van der Waals surface area (Å²) < 4.78 is 6.13. The Hall–Kier alpha value is -1.97. The van der Waals surface area contributed by atoms with Gasteiger partial charge < -0.3 is 4.74 Å². The molecule has 0 radical (unpaired) electrons. The Morgan fingerprint density at radius 2 is 1.88 bits per heavy atom. The molecule has 1 saturated heterocycles. The predicted molar refractivity (Wildman–Crippen MR) is 101 cm³/mol. The van der Waals surface area contributed by atoms with E-state index >= 15 is 0 Å². The molecule has 2 aromatic rings. The summed E-state index contributed by atoms with van der Waals surface area (Å²) >= 11 is 0. The van der Waals surface area contributed by atoms with Gasteiger partial charge >= 0.3 is 0 Å². The zero-order chi connectivity index (χ0) is 17.1. The summed E-state index contributed by atoms with van der Waals surface area (Å²) in [6, 6.07) is 14.9. The standard InChI is InChI=1S/C22H26N2O/c1-18-9-15-25-22(16-18)10-13-24(14-11-22)17-19-5-7-20(8-6-19)21-4-2-3-12-23-21/h2-8,12,16H,9-11,13-15,17H2,1H3. The highest BCUT2D eigenvalue weighted by Crippen LogP contribution is 2.33. The van der Waals surface area contributed by atoms with Gasteiger partial charge in [0.25, 0.3) is 0 Å². The van der Waals surface area contributed by atoms with Crippen LogP contribution in [0.25, 0.3) is 11.3 Å². The molecular weight excluding hydrogens is 308 g/mol. The smallest absolute Gasteiger partial charge is 0.0889 e. The quantitative estimate of drug-likeness (QED) is 0.776. The number of nitrogens with zero attached hydrogens (tertiary/aromatic N) is 2. The van der Waals surface area contributed by atoms with Crippen molar-refractivity contribution < 1.29 is 4.74 Å². The molecule has 1 aromatic carbocycles. The van der Waals surface area contributed by atoms with Gasteiger partial charge in [0.2, 0.25) is 0 Å². The lowest BCUT2D eigenvalue weighted by Gasteiger charge is -2.42. The molecule has 1 aromatic heterocycles. The number of ether oxygens (including phenoxy) is 1. The lowest BCUT2D eigenvalue weighted by Crippen LogP contribution is -2.46. The van der Waals surface area contributed by atoms with Crippen molar-refractivity contribution in [2.45, 2.75) is 38.3 Å². The summed E-state index contributed by atoms with van der Waals surface area (Å²) in [6.45, 7) is 6.34. The van der Waals surface area contributed by atoms with Crippen molar-refractivity contribution in [3.05, 3.63) is 65.9 Å². The molecule has 0 atom stereocenters. The Labute approximate surface area is 150 Å². The normalized spacial score (nSPS) is 20.4. The largest absolute Gasteiger partial charge is 0.370 e. The molecule has 3 heterocycles. The fourth-order valence-corrected chi connectivity index (χ4v) is 3.93. The van der Waals surface area contributed by atoms with Gasteiger partial charge in [0, 0.05) is 31.4 Å². The first-order chi connectivity index (χ1) is 12.2. The van der Waals surface area contributed by atoms with Gasteiger partial charge in [-0.1, -0.05) is 42.0 Å². The van der Waals surface area contributed by atoms with Gasteiger partial charge in [-0.05, 0) is 43.9 Å². The third-order valence-electron chi connectivity index (χ3n) is 5.42. The molecule has 0 amide bonds. The minimum absolute atomic E-state index is 0.0155. The molecule has 0 aliphatic carbocycles. The number of piperidine rings is 1. The number of pyridine rings is 1. The van der Waals surface area contributed by atoms with E-state index in [2.05, 4.69) is 53.2 Å². The molecule has 2 aliphatic rings. The van der Waals surface area contributed by atoms with E-state index in [4.69, 9.17) is 4.74 Å². The first kappa shape index (κ1) is 16.5. The van der Waals surface area contributed by atoms with Gasteiger partial charge in [0.05, 0.1) is 17.9 Å². The molecule has 0 unspecified atom stereocenters. The van der Waals surface area contributed by atoms with Gasteiger partial charge in [-0.15, -0.1) is 0 Å². The number of benzene rings is 1. The topological polar surface area (TPSA) is 25.4 Å². The first-order valence-corrected chi connectivity index (χ1v) is 9.27. The summed E-state index contributed by atoms with van der Waals surface area (Å²) in [6.07, 6.45) is 7.53. The van der Waals surface area contributed by atoms with Crippen LogP contribution in [0.1, 0.15) is 31.7 Å². The molecule has 1 spiro atoms. The van der Waals surface area contributed by atoms with E-state index < -0.39 is 0 Å². The number of likely N-dealkylation sites (tertiary alicyclic amines) is 1. The van der Waals surface area contributed by atoms with Crippen molar-refractivity contribution in [2.24, 2.45) is 0 Å². The second kappa shape index (κ2) is 7.11. The predicted octanol–water partition coefficient (Wildman–Crippen LogP) is 4.45. The molecule has 3 heteroatoms. The molecule has 0 saturated carbocycles. The average Bonchev–Trinajstić information content (AvgIpc) is 2.65. The van der Waals surface area contributed by atoms with E-state index in [1.165, 1.54) is 16.7 Å². The van der Waals surface area contributed by atoms with E-state index in [0.717, 1.165) is 51.2 Å². The highest BCUT2D eigenvalue weighted by Gasteiger charge is 2.35. The van der Waals surface area contributed by atoms with Crippen LogP contribution in [0, 0.1) is 0 Å². The van der Waals surface area contributed by atoms with E-state index in [-0.39, 0.29) is 5.60 Å². The van der Waals surface area contributed by atoms with Crippen LogP contribution in [-0.2, 0) is 11.3 Å². The molecule has 130 valence electrons. The van der Waals surface area contributed by atoms with Crippen LogP contribution >= 0.6 is 0 Å². The number of rotatable bonds is 3. The second-order valence-electron chi connectivity index (χ2n) is 7.34. The summed E-state index contributed by atoms with van der Waals surface area (Å²) in [5, 5.41) is 0. The van der Waals surface area contributed by atoms with Crippen LogP contribution in [0.15, 0.2) is 60.3 Å². The molecule has 25 heavy (non-hydrogen) atoms. The minimum Gasteiger partial charge on any atom is -0.370 e. The average molecular weight is 334 g/mol. The Balaban J connectivity index is 1.37. The zero-order valence-corrected chi connectivity index (χ0v) is 14.9. The van der Waals surface area contributed by atoms with E-state index in [1.54, 1.807) is 0 Å². The van der Waals surface area contributed by atoms with Gasteiger partial charge in [-0.3, -0.25) is 9.88 Å². The molecule has 4 rings (SSSR count). The third-order valence-corrected chi connectivity index (χ3v) is 5.42. The maximum absolute atomic E-state index is 6.13. The maximum atomic E-state index is 6.13. The fraction of sp³-hybridized carbons (Fsp3) is 0.409. The molecule has 2 aliphatic heterocycles. The SMILES string of the molecule is CC1=CC2(CCN(Cc3ccc(-c4ccccn4)cc3)CC2)OCC1. The zero-order valence-electron chi connectivity index (χ0n) is 14.9. The van der Waals surface area contributed by atoms with Crippen molar-refractivity contribution in [2.75, 3.05) is 19.7 Å². The molecule has 0 N–H and O–H groups in total. The summed E-state index contributed by atoms with van der Waals surface area (Å²) in [5.74, 6) is 0. The molecule has 1 fully saturated rings. The highest BCUT2D eigenvalue weighted by atomic mass is 16.5. The third kappa shape index (κ3) is 3.83. The first-order valence-electron chi connectivity index (χ1n) is 9.27. The van der Waals surface area contributed by atoms with E-state index in [1.807, 2.05) is 18.3 Å². The van der Waals surface area contributed by atoms with Crippen LogP contribution in [0.2, 0.25) is 0 Å². The van der Waals surface area contributed by atoms with Crippen molar-refractivity contribution in [3.63, 3.8) is 0 Å². The number of aromatic nitrogens is 1. The van der Waals surface area contributed by atoms with Crippen LogP contribution < -0.4 is 0 Å². The highest BCUT2D eigenvalue weighted by molar-refractivity contribution is 5.58. The minimum atomic E-state index is 0.0155. The Bertz CT molecular complexity index is 728. The van der Waals surface area contributed by atoms with Crippen molar-refractivity contribution in [3.8, 4) is 11.3 Å².